The molecule has 2 aromatic heterocycles. The maximum absolute atomic E-state index is 12.3. The number of benzene rings is 1. The highest BCUT2D eigenvalue weighted by molar-refractivity contribution is 7.15. The lowest BCUT2D eigenvalue weighted by molar-refractivity contribution is -0.114. The van der Waals surface area contributed by atoms with Crippen LogP contribution in [0, 0.1) is 18.3 Å². The van der Waals surface area contributed by atoms with Gasteiger partial charge in [0.25, 0.3) is 0 Å². The van der Waals surface area contributed by atoms with Crippen molar-refractivity contribution in [3.05, 3.63) is 70.4 Å². The van der Waals surface area contributed by atoms with Crippen LogP contribution in [0.2, 0.25) is 0 Å². The number of amides is 1. The van der Waals surface area contributed by atoms with E-state index in [1.807, 2.05) is 6.07 Å². The topological polar surface area (TPSA) is 81.9 Å². The lowest BCUT2D eigenvalue weighted by Gasteiger charge is -2.16. The van der Waals surface area contributed by atoms with E-state index in [0.29, 0.717) is 16.5 Å². The molecule has 0 aliphatic carbocycles. The molecular weight excluding hydrogens is 358 g/mol. The van der Waals surface area contributed by atoms with Gasteiger partial charge in [-0.3, -0.25) is 4.79 Å². The third kappa shape index (κ3) is 5.12. The predicted octanol–water partition coefficient (Wildman–Crippen LogP) is 3.38. The van der Waals surface area contributed by atoms with Gasteiger partial charge in [0.1, 0.15) is 11.9 Å². The number of nitrogens with one attached hydrogen (secondary N) is 1. The molecule has 7 heteroatoms. The van der Waals surface area contributed by atoms with E-state index < -0.39 is 0 Å². The number of pyridine rings is 1. The molecule has 3 aromatic rings. The molecule has 27 heavy (non-hydrogen) atoms. The average molecular weight is 377 g/mol. The molecule has 136 valence electrons. The summed E-state index contributed by atoms with van der Waals surface area (Å²) < 4.78 is 0. The number of carbonyl (C=O) groups excluding carboxylic acids is 1. The summed E-state index contributed by atoms with van der Waals surface area (Å²) in [5, 5.41) is 12.2. The molecule has 0 saturated carbocycles. The third-order valence-corrected chi connectivity index (χ3v) is 4.86. The Hall–Kier alpha value is -3.24. The first kappa shape index (κ1) is 18.5. The highest BCUT2D eigenvalue weighted by Crippen LogP contribution is 2.21. The van der Waals surface area contributed by atoms with Crippen LogP contribution in [0.3, 0.4) is 0 Å². The van der Waals surface area contributed by atoms with Crippen molar-refractivity contribution in [2.24, 2.45) is 0 Å². The summed E-state index contributed by atoms with van der Waals surface area (Å²) in [6.45, 7) is 2.21. The fourth-order valence-corrected chi connectivity index (χ4v) is 3.35. The smallest absolute Gasteiger partial charge is 0.245 e. The van der Waals surface area contributed by atoms with Crippen molar-refractivity contribution in [3.63, 3.8) is 0 Å². The van der Waals surface area contributed by atoms with E-state index >= 15 is 0 Å². The van der Waals surface area contributed by atoms with E-state index in [1.54, 1.807) is 30.3 Å². The number of aryl methyl sites for hydroxylation is 1. The standard InChI is InChI=1S/C20H19N5OS/c1-14-3-5-15(6-4-14)9-17-12-23-20(27-17)24-19(26)13-25(2)18-8-7-16(10-21)11-22-18/h3-8,11-12H,9,13H2,1-2H3,(H,23,24,26). The third-order valence-electron chi connectivity index (χ3n) is 3.95. The second-order valence-corrected chi connectivity index (χ2v) is 7.33. The van der Waals surface area contributed by atoms with Gasteiger partial charge >= 0.3 is 0 Å². The van der Waals surface area contributed by atoms with Crippen molar-refractivity contribution in [1.29, 1.82) is 5.26 Å². The first-order chi connectivity index (χ1) is 13.0. The summed E-state index contributed by atoms with van der Waals surface area (Å²) in [6, 6.07) is 13.8. The van der Waals surface area contributed by atoms with Gasteiger partial charge in [0.05, 0.1) is 12.1 Å². The zero-order valence-corrected chi connectivity index (χ0v) is 16.0. The van der Waals surface area contributed by atoms with Gasteiger partial charge in [-0.2, -0.15) is 5.26 Å². The molecule has 3 rings (SSSR count). The van der Waals surface area contributed by atoms with Crippen molar-refractivity contribution in [2.75, 3.05) is 23.8 Å². The minimum Gasteiger partial charge on any atom is -0.350 e. The van der Waals surface area contributed by atoms with Gasteiger partial charge in [0.2, 0.25) is 5.91 Å². The molecule has 0 spiro atoms. The number of carbonyl (C=O) groups is 1. The molecule has 0 atom stereocenters. The Morgan fingerprint density at radius 1 is 1.19 bits per heavy atom. The van der Waals surface area contributed by atoms with Crippen molar-refractivity contribution in [1.82, 2.24) is 9.97 Å². The molecule has 1 N–H and O–H groups in total. The summed E-state index contributed by atoms with van der Waals surface area (Å²) in [5.74, 6) is 0.461. The van der Waals surface area contributed by atoms with Crippen molar-refractivity contribution in [2.45, 2.75) is 13.3 Å². The number of aromatic nitrogens is 2. The summed E-state index contributed by atoms with van der Waals surface area (Å²) in [4.78, 5) is 23.5. The second-order valence-electron chi connectivity index (χ2n) is 6.22. The van der Waals surface area contributed by atoms with Crippen molar-refractivity contribution >= 4 is 28.2 Å². The van der Waals surface area contributed by atoms with Gasteiger partial charge in [-0.1, -0.05) is 29.8 Å². The lowest BCUT2D eigenvalue weighted by Crippen LogP contribution is -2.30. The minimum atomic E-state index is -0.167. The monoisotopic (exact) mass is 377 g/mol. The van der Waals surface area contributed by atoms with Crippen LogP contribution in [0.1, 0.15) is 21.6 Å². The van der Waals surface area contributed by atoms with Crippen LogP contribution >= 0.6 is 11.3 Å². The zero-order valence-electron chi connectivity index (χ0n) is 15.1. The lowest BCUT2D eigenvalue weighted by atomic mass is 10.1. The fraction of sp³-hybridized carbons (Fsp3) is 0.200. The highest BCUT2D eigenvalue weighted by atomic mass is 32.1. The maximum atomic E-state index is 12.3. The molecule has 1 amide bonds. The van der Waals surface area contributed by atoms with Crippen LogP contribution in [0.15, 0.2) is 48.8 Å². The number of nitrogens with zero attached hydrogens (tertiary/aromatic N) is 4. The van der Waals surface area contributed by atoms with Crippen molar-refractivity contribution < 1.29 is 4.79 Å². The SMILES string of the molecule is Cc1ccc(Cc2cnc(NC(=O)CN(C)c3ccc(C#N)cn3)s2)cc1. The highest BCUT2D eigenvalue weighted by Gasteiger charge is 2.11. The molecule has 6 nitrogen and oxygen atoms in total. The second kappa shape index (κ2) is 8.43. The van der Waals surface area contributed by atoms with E-state index in [9.17, 15) is 4.79 Å². The molecule has 0 unspecified atom stereocenters. The van der Waals surface area contributed by atoms with Gasteiger partial charge in [0, 0.05) is 30.7 Å². The van der Waals surface area contributed by atoms with E-state index in [2.05, 4.69) is 46.5 Å². The zero-order chi connectivity index (χ0) is 19.2. The Bertz CT molecular complexity index is 957. The van der Waals surface area contributed by atoms with Crippen LogP contribution in [-0.4, -0.2) is 29.5 Å². The van der Waals surface area contributed by atoms with Crippen LogP contribution in [0.25, 0.3) is 0 Å². The van der Waals surface area contributed by atoms with Crippen LogP contribution in [0.5, 0.6) is 0 Å². The number of thiazole rings is 1. The van der Waals surface area contributed by atoms with E-state index in [-0.39, 0.29) is 12.5 Å². The van der Waals surface area contributed by atoms with Crippen molar-refractivity contribution in [3.8, 4) is 6.07 Å². The maximum Gasteiger partial charge on any atom is 0.245 e. The van der Waals surface area contributed by atoms with Gasteiger partial charge in [-0.15, -0.1) is 11.3 Å². The molecule has 1 aromatic carbocycles. The summed E-state index contributed by atoms with van der Waals surface area (Å²) in [7, 11) is 1.78. The van der Waals surface area contributed by atoms with E-state index in [1.165, 1.54) is 28.7 Å². The Labute approximate surface area is 162 Å². The Morgan fingerprint density at radius 3 is 2.63 bits per heavy atom. The molecule has 0 radical (unpaired) electrons. The van der Waals surface area contributed by atoms with E-state index in [4.69, 9.17) is 5.26 Å². The molecule has 0 fully saturated rings. The van der Waals surface area contributed by atoms with Gasteiger partial charge in [-0.05, 0) is 24.6 Å². The molecular formula is C20H19N5OS. The Balaban J connectivity index is 1.55. The number of nitriles is 1. The number of hydrogen-bond donors (Lipinski definition) is 1. The first-order valence-corrected chi connectivity index (χ1v) is 9.22. The predicted molar refractivity (Wildman–Crippen MR) is 107 cm³/mol. The Kier molecular flexibility index (Phi) is 5.79. The fourth-order valence-electron chi connectivity index (χ4n) is 2.49. The Morgan fingerprint density at radius 2 is 1.96 bits per heavy atom. The van der Waals surface area contributed by atoms with Crippen LogP contribution in [0.4, 0.5) is 10.9 Å². The first-order valence-electron chi connectivity index (χ1n) is 8.41. The number of anilines is 2. The quantitative estimate of drug-likeness (QED) is 0.712. The summed E-state index contributed by atoms with van der Waals surface area (Å²) >= 11 is 1.47. The summed E-state index contributed by atoms with van der Waals surface area (Å²) in [5.41, 5.74) is 2.94. The normalized spacial score (nSPS) is 10.3. The largest absolute Gasteiger partial charge is 0.350 e. The van der Waals surface area contributed by atoms with E-state index in [0.717, 1.165) is 11.3 Å². The molecule has 0 aliphatic heterocycles. The minimum absolute atomic E-state index is 0.145. The van der Waals surface area contributed by atoms with Gasteiger partial charge in [0.15, 0.2) is 5.13 Å². The van der Waals surface area contributed by atoms with Gasteiger partial charge < -0.3 is 10.2 Å². The molecule has 0 bridgehead atoms. The van der Waals surface area contributed by atoms with Crippen LogP contribution in [-0.2, 0) is 11.2 Å². The average Bonchev–Trinajstić information content (AvgIpc) is 3.10. The molecule has 2 heterocycles. The summed E-state index contributed by atoms with van der Waals surface area (Å²) in [6.07, 6.45) is 4.08. The number of rotatable bonds is 6. The molecule has 0 aliphatic rings. The number of hydrogen-bond acceptors (Lipinski definition) is 6. The van der Waals surface area contributed by atoms with Gasteiger partial charge in [-0.25, -0.2) is 9.97 Å². The number of likely N-dealkylation sites (N-methyl/N-ethyl adjacent to an activating group) is 1. The molecule has 0 saturated heterocycles. The van der Waals surface area contributed by atoms with Crippen LogP contribution < -0.4 is 10.2 Å².